The number of carbonyl (C=O) groups excluding carboxylic acids is 2. The molecule has 0 aromatic heterocycles. The molecule has 1 spiro atoms. The van der Waals surface area contributed by atoms with Crippen LogP contribution in [0.2, 0.25) is 0 Å². The Balaban J connectivity index is 0.000000429. The van der Waals surface area contributed by atoms with E-state index in [1.54, 1.807) is 6.07 Å². The monoisotopic (exact) mass is 497 g/mol. The summed E-state index contributed by atoms with van der Waals surface area (Å²) in [7, 11) is 0. The molecule has 2 saturated heterocycles. The van der Waals surface area contributed by atoms with Gasteiger partial charge in [-0.15, -0.1) is 0 Å². The molecule has 35 heavy (non-hydrogen) atoms. The third-order valence-electron chi connectivity index (χ3n) is 6.40. The van der Waals surface area contributed by atoms with Crippen molar-refractivity contribution in [3.8, 4) is 5.75 Å². The third-order valence-corrected chi connectivity index (χ3v) is 6.40. The van der Waals surface area contributed by atoms with Crippen molar-refractivity contribution in [2.45, 2.75) is 44.3 Å². The van der Waals surface area contributed by atoms with Gasteiger partial charge < -0.3 is 25.4 Å². The Morgan fingerprint density at radius 1 is 1.11 bits per heavy atom. The molecule has 0 aliphatic carbocycles. The number of nitrogens with zero attached hydrogens (tertiary/aromatic N) is 1. The minimum Gasteiger partial charge on any atom is -0.489 e. The number of nitrogens with one attached hydrogen (secondary N) is 2. The van der Waals surface area contributed by atoms with Crippen LogP contribution in [0.25, 0.3) is 0 Å². The van der Waals surface area contributed by atoms with Gasteiger partial charge in [0.1, 0.15) is 12.4 Å². The summed E-state index contributed by atoms with van der Waals surface area (Å²) in [5.41, 5.74) is 0.185. The molecule has 8 nitrogen and oxygen atoms in total. The van der Waals surface area contributed by atoms with Crippen molar-refractivity contribution in [3.63, 3.8) is 0 Å². The highest BCUT2D eigenvalue weighted by atomic mass is 19.4. The number of benzene rings is 1. The molecule has 192 valence electrons. The Kier molecular flexibility index (Phi) is 8.76. The van der Waals surface area contributed by atoms with Crippen LogP contribution in [0.15, 0.2) is 36.4 Å². The van der Waals surface area contributed by atoms with E-state index in [2.05, 4.69) is 21.6 Å². The number of hydrogen-bond acceptors (Lipinski definition) is 5. The summed E-state index contributed by atoms with van der Waals surface area (Å²) in [4.78, 5) is 37.2. The van der Waals surface area contributed by atoms with Gasteiger partial charge in [-0.25, -0.2) is 4.79 Å². The number of ether oxygens (including phenoxy) is 1. The van der Waals surface area contributed by atoms with Crippen LogP contribution in [0.1, 0.15) is 42.5 Å². The molecule has 1 atom stereocenters. The molecule has 2 fully saturated rings. The first-order valence-electron chi connectivity index (χ1n) is 11.6. The Morgan fingerprint density at radius 3 is 2.49 bits per heavy atom. The van der Waals surface area contributed by atoms with E-state index in [-0.39, 0.29) is 23.3 Å². The summed E-state index contributed by atoms with van der Waals surface area (Å²) < 4.78 is 37.6. The zero-order chi connectivity index (χ0) is 25.5. The normalized spacial score (nSPS) is 23.5. The summed E-state index contributed by atoms with van der Waals surface area (Å²) in [6.07, 6.45) is 3.84. The Morgan fingerprint density at radius 2 is 1.83 bits per heavy atom. The summed E-state index contributed by atoms with van der Waals surface area (Å²) in [5.74, 6) is -2.08. The largest absolute Gasteiger partial charge is 0.490 e. The van der Waals surface area contributed by atoms with Crippen LogP contribution in [0.3, 0.4) is 0 Å². The van der Waals surface area contributed by atoms with Crippen molar-refractivity contribution in [1.29, 1.82) is 0 Å². The zero-order valence-electron chi connectivity index (χ0n) is 19.3. The maximum Gasteiger partial charge on any atom is 0.490 e. The molecule has 3 aliphatic heterocycles. The van der Waals surface area contributed by atoms with Crippen LogP contribution in [0.5, 0.6) is 5.75 Å². The van der Waals surface area contributed by atoms with Gasteiger partial charge in [-0.2, -0.15) is 13.2 Å². The van der Waals surface area contributed by atoms with Gasteiger partial charge in [0, 0.05) is 32.2 Å². The Hall–Kier alpha value is -3.08. The molecule has 1 unspecified atom stereocenters. The van der Waals surface area contributed by atoms with E-state index in [0.29, 0.717) is 24.5 Å². The minimum atomic E-state index is -5.08. The lowest BCUT2D eigenvalue weighted by Gasteiger charge is -2.45. The maximum atomic E-state index is 13.5. The molecule has 0 bridgehead atoms. The average Bonchev–Trinajstić information content (AvgIpc) is 3.03. The van der Waals surface area contributed by atoms with Gasteiger partial charge in [-0.05, 0) is 31.4 Å². The number of hydrogen-bond donors (Lipinski definition) is 3. The lowest BCUT2D eigenvalue weighted by atomic mass is 9.76. The zero-order valence-corrected chi connectivity index (χ0v) is 19.3. The number of para-hydroxylation sites is 1. The second-order valence-electron chi connectivity index (χ2n) is 8.88. The van der Waals surface area contributed by atoms with E-state index >= 15 is 0 Å². The van der Waals surface area contributed by atoms with Crippen LogP contribution in [-0.2, 0) is 9.59 Å². The number of alkyl halides is 3. The van der Waals surface area contributed by atoms with Crippen molar-refractivity contribution in [2.75, 3.05) is 32.8 Å². The first-order valence-corrected chi connectivity index (χ1v) is 11.6. The summed E-state index contributed by atoms with van der Waals surface area (Å²) in [6.45, 7) is 3.09. The fourth-order valence-electron chi connectivity index (χ4n) is 4.37. The van der Waals surface area contributed by atoms with Gasteiger partial charge in [-0.3, -0.25) is 9.59 Å². The second kappa shape index (κ2) is 11.6. The van der Waals surface area contributed by atoms with E-state index in [4.69, 9.17) is 14.6 Å². The van der Waals surface area contributed by atoms with Crippen LogP contribution in [-0.4, -0.2) is 72.8 Å². The van der Waals surface area contributed by atoms with Gasteiger partial charge in [0.15, 0.2) is 0 Å². The maximum absolute atomic E-state index is 13.5. The summed E-state index contributed by atoms with van der Waals surface area (Å²) in [5, 5.41) is 13.5. The van der Waals surface area contributed by atoms with E-state index in [0.717, 1.165) is 51.7 Å². The van der Waals surface area contributed by atoms with Crippen LogP contribution >= 0.6 is 0 Å². The van der Waals surface area contributed by atoms with Gasteiger partial charge in [-0.1, -0.05) is 37.1 Å². The van der Waals surface area contributed by atoms with Gasteiger partial charge in [0.2, 0.25) is 5.91 Å². The Bertz CT molecular complexity index is 947. The molecular weight excluding hydrogens is 467 g/mol. The molecule has 4 rings (SSSR count). The molecule has 2 amide bonds. The molecule has 1 aromatic rings. The fourth-order valence-corrected chi connectivity index (χ4v) is 4.37. The van der Waals surface area contributed by atoms with E-state index in [9.17, 15) is 22.8 Å². The molecule has 11 heteroatoms. The van der Waals surface area contributed by atoms with Crippen molar-refractivity contribution >= 4 is 17.8 Å². The highest BCUT2D eigenvalue weighted by molar-refractivity contribution is 5.97. The first kappa shape index (κ1) is 26.5. The van der Waals surface area contributed by atoms with Gasteiger partial charge in [0.25, 0.3) is 5.91 Å². The van der Waals surface area contributed by atoms with Crippen LogP contribution in [0.4, 0.5) is 13.2 Å². The van der Waals surface area contributed by atoms with Crippen molar-refractivity contribution in [3.05, 3.63) is 42.0 Å². The standard InChI is InChI=1S/C22H29N3O3.C2HF3O2/c26-20-18-9-3-4-10-19(18)28-13-7-5-11-22(15-23-16-22)21(27)25-12-6-1-2-8-17(25)14-24-20;3-2(4,5)1(6)7/h3-5,7,9-10,17,23H,1-2,6,8,11-16H2,(H,24,26);(H,6,7)/b7-5-;. The summed E-state index contributed by atoms with van der Waals surface area (Å²) >= 11 is 0. The smallest absolute Gasteiger partial charge is 0.489 e. The van der Waals surface area contributed by atoms with E-state index in [1.807, 2.05) is 24.3 Å². The molecule has 3 aliphatic rings. The van der Waals surface area contributed by atoms with Crippen molar-refractivity contribution in [1.82, 2.24) is 15.5 Å². The number of amides is 2. The number of rotatable bonds is 0. The predicted octanol–water partition coefficient (Wildman–Crippen LogP) is 2.75. The Labute approximate surface area is 201 Å². The summed E-state index contributed by atoms with van der Waals surface area (Å²) in [6, 6.07) is 7.38. The molecule has 1 aromatic carbocycles. The minimum absolute atomic E-state index is 0.0522. The number of fused-ring (bicyclic) bond motifs is 2. The van der Waals surface area contributed by atoms with Crippen molar-refractivity contribution in [2.24, 2.45) is 5.41 Å². The quantitative estimate of drug-likeness (QED) is 0.476. The number of allylic oxidation sites excluding steroid dienone is 1. The first-order chi connectivity index (χ1) is 16.6. The van der Waals surface area contributed by atoms with Crippen LogP contribution in [0, 0.1) is 5.41 Å². The predicted molar refractivity (Wildman–Crippen MR) is 121 cm³/mol. The molecule has 3 heterocycles. The highest BCUT2D eigenvalue weighted by Crippen LogP contribution is 2.33. The molecule has 3 N–H and O–H groups in total. The third kappa shape index (κ3) is 6.74. The number of carboxylic acids is 1. The number of carboxylic acid groups (broad SMARTS) is 1. The number of aliphatic carboxylic acids is 1. The molecule has 0 radical (unpaired) electrons. The molecule has 0 saturated carbocycles. The van der Waals surface area contributed by atoms with E-state index < -0.39 is 12.1 Å². The van der Waals surface area contributed by atoms with Crippen molar-refractivity contribution < 1.29 is 37.4 Å². The highest BCUT2D eigenvalue weighted by Gasteiger charge is 2.47. The van der Waals surface area contributed by atoms with E-state index in [1.165, 1.54) is 0 Å². The van der Waals surface area contributed by atoms with Gasteiger partial charge >= 0.3 is 12.1 Å². The number of carbonyl (C=O) groups is 3. The SMILES string of the molecule is O=C(O)C(F)(F)F.O=C1NCC2CCCCCN2C(=O)C2(C/C=C\COc3ccccc31)CNC2. The second-order valence-corrected chi connectivity index (χ2v) is 8.88. The molecular formula is C24H30F3N3O5. The topological polar surface area (TPSA) is 108 Å². The lowest BCUT2D eigenvalue weighted by Crippen LogP contribution is -2.64. The average molecular weight is 498 g/mol. The van der Waals surface area contributed by atoms with Crippen LogP contribution < -0.4 is 15.4 Å². The van der Waals surface area contributed by atoms with Gasteiger partial charge in [0.05, 0.1) is 11.0 Å². The fraction of sp³-hybridized carbons (Fsp3) is 0.542. The number of halogens is 3. The lowest BCUT2D eigenvalue weighted by molar-refractivity contribution is -0.192.